The van der Waals surface area contributed by atoms with Crippen LogP contribution in [0.15, 0.2) is 164 Å². The molecule has 1 aliphatic carbocycles. The maximum absolute atomic E-state index is 2.46. The quantitative estimate of drug-likeness (QED) is 0.138. The van der Waals surface area contributed by atoms with E-state index in [1.165, 1.54) is 72.4 Å². The zero-order chi connectivity index (χ0) is 35.7. The van der Waals surface area contributed by atoms with Crippen molar-refractivity contribution in [1.29, 1.82) is 0 Å². The Morgan fingerprint density at radius 2 is 0.942 bits per heavy atom. The number of nitrogens with zero attached hydrogens (tertiary/aromatic N) is 1. The molecule has 0 spiro atoms. The molecule has 0 N–H and O–H groups in total. The van der Waals surface area contributed by atoms with Gasteiger partial charge in [0.1, 0.15) is 0 Å². The zero-order valence-corrected chi connectivity index (χ0v) is 30.6. The van der Waals surface area contributed by atoms with Crippen molar-refractivity contribution >= 4 is 29.2 Å². The van der Waals surface area contributed by atoms with Crippen LogP contribution in [0.4, 0.5) is 17.1 Å². The summed E-state index contributed by atoms with van der Waals surface area (Å²) in [5, 5.41) is 0. The third-order valence-electron chi connectivity index (χ3n) is 11.2. The number of anilines is 3. The van der Waals surface area contributed by atoms with Crippen molar-refractivity contribution < 1.29 is 0 Å². The number of hydrogen-bond acceptors (Lipinski definition) is 1. The van der Waals surface area contributed by atoms with E-state index in [9.17, 15) is 0 Å². The highest BCUT2D eigenvalue weighted by atomic mass is 15.1. The van der Waals surface area contributed by atoms with Crippen LogP contribution < -0.4 is 4.90 Å². The highest BCUT2D eigenvalue weighted by Crippen LogP contribution is 2.54. The minimum atomic E-state index is -0.0446. The third kappa shape index (κ3) is 5.97. The fraction of sp³-hybridized carbons (Fsp3) is 0.137. The van der Waals surface area contributed by atoms with Gasteiger partial charge in [-0.3, -0.25) is 0 Å². The van der Waals surface area contributed by atoms with Crippen LogP contribution in [-0.2, 0) is 5.41 Å². The predicted molar refractivity (Wildman–Crippen MR) is 224 cm³/mol. The fourth-order valence-corrected chi connectivity index (χ4v) is 8.53. The number of fused-ring (bicyclic) bond motifs is 3. The Labute approximate surface area is 309 Å². The van der Waals surface area contributed by atoms with Crippen molar-refractivity contribution in [3.63, 3.8) is 0 Å². The third-order valence-corrected chi connectivity index (χ3v) is 11.2. The van der Waals surface area contributed by atoms with Crippen LogP contribution in [0.2, 0.25) is 0 Å². The Kier molecular flexibility index (Phi) is 8.95. The lowest BCUT2D eigenvalue weighted by atomic mass is 9.73. The van der Waals surface area contributed by atoms with Crippen LogP contribution in [0.3, 0.4) is 0 Å². The molecule has 0 saturated carbocycles. The molecular formula is C51H45N. The second kappa shape index (κ2) is 14.0. The van der Waals surface area contributed by atoms with Gasteiger partial charge < -0.3 is 4.90 Å². The van der Waals surface area contributed by atoms with Gasteiger partial charge in [0.05, 0.1) is 0 Å². The molecule has 0 unspecified atom stereocenters. The minimum Gasteiger partial charge on any atom is -0.310 e. The Morgan fingerprint density at radius 1 is 0.442 bits per heavy atom. The molecular weight excluding hydrogens is 627 g/mol. The number of para-hydroxylation sites is 2. The zero-order valence-electron chi connectivity index (χ0n) is 30.6. The standard InChI is InChI=1S/C51H45N/c1-5-51(6-2)48-34-39(23-22-38-24-27-41(28-25-38)50-36(3)32-42(33-37(50)4)40-16-10-7-11-17-40)26-30-46(48)47-31-29-45(35-49(47)51)52(43-18-12-8-13-19-43)44-20-14-9-15-21-44/h7-35H,5-6H2,1-4H3. The molecule has 7 aromatic rings. The number of aryl methyl sites for hydroxylation is 2. The van der Waals surface area contributed by atoms with Crippen LogP contribution >= 0.6 is 0 Å². The smallest absolute Gasteiger partial charge is 0.0465 e. The van der Waals surface area contributed by atoms with E-state index in [-0.39, 0.29) is 5.41 Å². The summed E-state index contributed by atoms with van der Waals surface area (Å²) in [4.78, 5) is 2.38. The van der Waals surface area contributed by atoms with Gasteiger partial charge in [-0.1, -0.05) is 153 Å². The van der Waals surface area contributed by atoms with E-state index in [0.29, 0.717) is 0 Å². The van der Waals surface area contributed by atoms with E-state index in [1.807, 2.05) is 0 Å². The van der Waals surface area contributed by atoms with Crippen molar-refractivity contribution in [2.45, 2.75) is 46.0 Å². The molecule has 1 nitrogen and oxygen atoms in total. The molecule has 0 heterocycles. The molecule has 0 radical (unpaired) electrons. The van der Waals surface area contributed by atoms with Gasteiger partial charge in [0, 0.05) is 22.5 Å². The lowest BCUT2D eigenvalue weighted by molar-refractivity contribution is 0.490. The first kappa shape index (κ1) is 33.2. The van der Waals surface area contributed by atoms with Gasteiger partial charge in [-0.25, -0.2) is 0 Å². The average Bonchev–Trinajstić information content (AvgIpc) is 3.47. The second-order valence-corrected chi connectivity index (χ2v) is 14.1. The van der Waals surface area contributed by atoms with Crippen molar-refractivity contribution in [3.05, 3.63) is 197 Å². The Bertz CT molecular complexity index is 2300. The van der Waals surface area contributed by atoms with Crippen LogP contribution in [-0.4, -0.2) is 0 Å². The van der Waals surface area contributed by atoms with Gasteiger partial charge >= 0.3 is 0 Å². The van der Waals surface area contributed by atoms with E-state index < -0.39 is 0 Å². The Balaban J connectivity index is 1.09. The molecule has 0 aliphatic heterocycles. The number of hydrogen-bond donors (Lipinski definition) is 0. The molecule has 0 aromatic heterocycles. The molecule has 0 amide bonds. The summed E-state index contributed by atoms with van der Waals surface area (Å²) >= 11 is 0. The topological polar surface area (TPSA) is 3.24 Å². The van der Waals surface area contributed by atoms with Crippen LogP contribution in [0.25, 0.3) is 45.5 Å². The highest BCUT2D eigenvalue weighted by molar-refractivity contribution is 5.87. The first-order valence-electron chi connectivity index (χ1n) is 18.6. The summed E-state index contributed by atoms with van der Waals surface area (Å²) in [7, 11) is 0. The molecule has 0 atom stereocenters. The van der Waals surface area contributed by atoms with E-state index in [0.717, 1.165) is 24.2 Å². The van der Waals surface area contributed by atoms with Gasteiger partial charge in [-0.15, -0.1) is 0 Å². The molecule has 1 aliphatic rings. The Hall–Kier alpha value is -5.92. The number of rotatable bonds is 9. The molecule has 0 bridgehead atoms. The Morgan fingerprint density at radius 3 is 1.52 bits per heavy atom. The lowest BCUT2D eigenvalue weighted by Gasteiger charge is -2.32. The first-order valence-corrected chi connectivity index (χ1v) is 18.6. The van der Waals surface area contributed by atoms with Crippen LogP contribution in [0, 0.1) is 13.8 Å². The molecule has 8 rings (SSSR count). The summed E-state index contributed by atoms with van der Waals surface area (Å²) in [6, 6.07) is 59.9. The molecule has 7 aromatic carbocycles. The van der Waals surface area contributed by atoms with Crippen molar-refractivity contribution in [2.75, 3.05) is 4.90 Å². The highest BCUT2D eigenvalue weighted by Gasteiger charge is 2.41. The SMILES string of the molecule is CCC1(CC)c2cc(C=Cc3ccc(-c4c(C)cc(-c5ccccc5)cc4C)cc3)ccc2-c2ccc(N(c3ccccc3)c3ccccc3)cc21. The van der Waals surface area contributed by atoms with Gasteiger partial charge in [-0.2, -0.15) is 0 Å². The van der Waals surface area contributed by atoms with Crippen LogP contribution in [0.5, 0.6) is 0 Å². The van der Waals surface area contributed by atoms with E-state index in [2.05, 4.69) is 209 Å². The summed E-state index contributed by atoms with van der Waals surface area (Å²) < 4.78 is 0. The van der Waals surface area contributed by atoms with Crippen molar-refractivity contribution in [2.24, 2.45) is 0 Å². The molecule has 254 valence electrons. The van der Waals surface area contributed by atoms with Crippen molar-refractivity contribution in [3.8, 4) is 33.4 Å². The van der Waals surface area contributed by atoms with E-state index in [4.69, 9.17) is 0 Å². The lowest BCUT2D eigenvalue weighted by Crippen LogP contribution is -2.23. The second-order valence-electron chi connectivity index (χ2n) is 14.1. The van der Waals surface area contributed by atoms with E-state index in [1.54, 1.807) is 0 Å². The first-order chi connectivity index (χ1) is 25.5. The van der Waals surface area contributed by atoms with Crippen LogP contribution in [0.1, 0.15) is 60.1 Å². The molecule has 1 heteroatoms. The van der Waals surface area contributed by atoms with Crippen molar-refractivity contribution in [1.82, 2.24) is 0 Å². The summed E-state index contributed by atoms with van der Waals surface area (Å²) in [6.07, 6.45) is 6.62. The van der Waals surface area contributed by atoms with Gasteiger partial charge in [0.15, 0.2) is 0 Å². The monoisotopic (exact) mass is 671 g/mol. The largest absolute Gasteiger partial charge is 0.310 e. The van der Waals surface area contributed by atoms with Gasteiger partial charge in [0.2, 0.25) is 0 Å². The van der Waals surface area contributed by atoms with Gasteiger partial charge in [0.25, 0.3) is 0 Å². The summed E-state index contributed by atoms with van der Waals surface area (Å²) in [5.41, 5.74) is 19.2. The molecule has 0 saturated heterocycles. The van der Waals surface area contributed by atoms with E-state index >= 15 is 0 Å². The summed E-state index contributed by atoms with van der Waals surface area (Å²) in [5.74, 6) is 0. The molecule has 0 fully saturated rings. The average molecular weight is 672 g/mol. The number of benzene rings is 7. The minimum absolute atomic E-state index is 0.0446. The maximum atomic E-state index is 2.46. The maximum Gasteiger partial charge on any atom is 0.0465 e. The predicted octanol–water partition coefficient (Wildman–Crippen LogP) is 14.4. The fourth-order valence-electron chi connectivity index (χ4n) is 8.53. The summed E-state index contributed by atoms with van der Waals surface area (Å²) in [6.45, 7) is 9.16. The molecule has 52 heavy (non-hydrogen) atoms. The normalized spacial score (nSPS) is 12.8. The van der Waals surface area contributed by atoms with Gasteiger partial charge in [-0.05, 0) is 130 Å².